The molecule has 1 heterocycles. The summed E-state index contributed by atoms with van der Waals surface area (Å²) in [5.41, 5.74) is 0.230. The van der Waals surface area contributed by atoms with Crippen molar-refractivity contribution in [3.8, 4) is 0 Å². The molecule has 6 nitrogen and oxygen atoms in total. The third-order valence-electron chi connectivity index (χ3n) is 4.13. The Morgan fingerprint density at radius 2 is 1.83 bits per heavy atom. The van der Waals surface area contributed by atoms with E-state index in [0.717, 1.165) is 32.2 Å². The number of nitrogens with zero attached hydrogens (tertiary/aromatic N) is 2. The first-order chi connectivity index (χ1) is 11.4. The van der Waals surface area contributed by atoms with E-state index in [9.17, 15) is 13.2 Å². The van der Waals surface area contributed by atoms with Gasteiger partial charge in [-0.05, 0) is 52.0 Å². The molecular weight excluding hydrogens is 326 g/mol. The summed E-state index contributed by atoms with van der Waals surface area (Å²) in [5.74, 6) is -0.329. The number of rotatable bonds is 7. The zero-order chi connectivity index (χ0) is 17.6. The van der Waals surface area contributed by atoms with Crippen molar-refractivity contribution in [2.24, 2.45) is 0 Å². The number of sulfonamides is 1. The highest BCUT2D eigenvalue weighted by molar-refractivity contribution is 7.89. The number of hydrogen-bond acceptors (Lipinski definition) is 4. The molecule has 0 saturated carbocycles. The topological polar surface area (TPSA) is 69.7 Å². The Labute approximate surface area is 144 Å². The Balaban J connectivity index is 2.13. The Morgan fingerprint density at radius 3 is 2.50 bits per heavy atom. The maximum absolute atomic E-state index is 12.9. The highest BCUT2D eigenvalue weighted by Crippen LogP contribution is 2.23. The number of benzene rings is 1. The third-order valence-corrected chi connectivity index (χ3v) is 6.09. The molecule has 0 atom stereocenters. The van der Waals surface area contributed by atoms with Gasteiger partial charge in [0.15, 0.2) is 0 Å². The van der Waals surface area contributed by atoms with Gasteiger partial charge in [0.25, 0.3) is 5.91 Å². The van der Waals surface area contributed by atoms with E-state index in [1.807, 2.05) is 19.0 Å². The van der Waals surface area contributed by atoms with Crippen LogP contribution in [0.1, 0.15) is 36.0 Å². The van der Waals surface area contributed by atoms with Gasteiger partial charge in [-0.1, -0.05) is 18.6 Å². The molecule has 0 aromatic heterocycles. The summed E-state index contributed by atoms with van der Waals surface area (Å²) in [6, 6.07) is 6.47. The summed E-state index contributed by atoms with van der Waals surface area (Å²) in [6.07, 6.45) is 3.62. The summed E-state index contributed by atoms with van der Waals surface area (Å²) in [7, 11) is 0.332. The smallest absolute Gasteiger partial charge is 0.252 e. The van der Waals surface area contributed by atoms with Gasteiger partial charge in [0.1, 0.15) is 0 Å². The van der Waals surface area contributed by atoms with E-state index in [2.05, 4.69) is 5.32 Å². The zero-order valence-corrected chi connectivity index (χ0v) is 15.3. The molecular formula is C17H27N3O3S. The van der Waals surface area contributed by atoms with Crippen molar-refractivity contribution in [2.75, 3.05) is 40.3 Å². The van der Waals surface area contributed by atoms with Crippen LogP contribution in [-0.4, -0.2) is 63.8 Å². The van der Waals surface area contributed by atoms with Crippen molar-refractivity contribution in [3.05, 3.63) is 29.8 Å². The second-order valence-corrected chi connectivity index (χ2v) is 8.28. The van der Waals surface area contributed by atoms with Gasteiger partial charge in [0.2, 0.25) is 10.0 Å². The van der Waals surface area contributed by atoms with Crippen molar-refractivity contribution in [3.63, 3.8) is 0 Å². The molecule has 1 saturated heterocycles. The van der Waals surface area contributed by atoms with E-state index in [4.69, 9.17) is 0 Å². The molecule has 134 valence electrons. The minimum atomic E-state index is -3.62. The molecule has 2 rings (SSSR count). The first-order valence-corrected chi connectivity index (χ1v) is 9.89. The van der Waals surface area contributed by atoms with Gasteiger partial charge in [-0.2, -0.15) is 4.31 Å². The Kier molecular flexibility index (Phi) is 6.77. The van der Waals surface area contributed by atoms with Crippen LogP contribution in [0.15, 0.2) is 29.2 Å². The van der Waals surface area contributed by atoms with E-state index >= 15 is 0 Å². The van der Waals surface area contributed by atoms with Crippen LogP contribution in [0.3, 0.4) is 0 Å². The molecule has 1 fully saturated rings. The number of piperidine rings is 1. The van der Waals surface area contributed by atoms with Crippen molar-refractivity contribution in [1.82, 2.24) is 14.5 Å². The van der Waals surface area contributed by atoms with Crippen LogP contribution in [-0.2, 0) is 10.0 Å². The number of hydrogen-bond donors (Lipinski definition) is 1. The Bertz CT molecular complexity index is 653. The van der Waals surface area contributed by atoms with Crippen molar-refractivity contribution < 1.29 is 13.2 Å². The number of nitrogens with one attached hydrogen (secondary N) is 1. The minimum Gasteiger partial charge on any atom is -0.352 e. The van der Waals surface area contributed by atoms with Crippen LogP contribution >= 0.6 is 0 Å². The molecule has 24 heavy (non-hydrogen) atoms. The second-order valence-electron chi connectivity index (χ2n) is 6.37. The van der Waals surface area contributed by atoms with Gasteiger partial charge in [-0.3, -0.25) is 4.79 Å². The van der Waals surface area contributed by atoms with Gasteiger partial charge in [-0.15, -0.1) is 0 Å². The third kappa shape index (κ3) is 4.78. The lowest BCUT2D eigenvalue weighted by atomic mass is 10.2. The first-order valence-electron chi connectivity index (χ1n) is 8.45. The van der Waals surface area contributed by atoms with E-state index in [0.29, 0.717) is 19.6 Å². The fraction of sp³-hybridized carbons (Fsp3) is 0.588. The summed E-state index contributed by atoms with van der Waals surface area (Å²) in [5, 5.41) is 2.82. The monoisotopic (exact) mass is 353 g/mol. The summed E-state index contributed by atoms with van der Waals surface area (Å²) in [6.45, 7) is 2.45. The number of carbonyl (C=O) groups is 1. The maximum Gasteiger partial charge on any atom is 0.252 e. The van der Waals surface area contributed by atoms with Crippen LogP contribution in [0.25, 0.3) is 0 Å². The first kappa shape index (κ1) is 18.9. The molecule has 0 aliphatic carbocycles. The van der Waals surface area contributed by atoms with Crippen LogP contribution in [0.4, 0.5) is 0 Å². The minimum absolute atomic E-state index is 0.108. The largest absolute Gasteiger partial charge is 0.352 e. The van der Waals surface area contributed by atoms with Crippen molar-refractivity contribution >= 4 is 15.9 Å². The fourth-order valence-corrected chi connectivity index (χ4v) is 4.52. The maximum atomic E-state index is 12.9. The van der Waals surface area contributed by atoms with Gasteiger partial charge in [0, 0.05) is 19.6 Å². The molecule has 0 bridgehead atoms. The Morgan fingerprint density at radius 1 is 1.17 bits per heavy atom. The molecule has 1 amide bonds. The lowest BCUT2D eigenvalue weighted by molar-refractivity contribution is 0.0949. The number of carbonyl (C=O) groups excluding carboxylic acids is 1. The molecule has 1 aliphatic rings. The normalized spacial score (nSPS) is 16.3. The SMILES string of the molecule is CN(C)CCCNC(=O)c1ccccc1S(=O)(=O)N1CCCCC1. The van der Waals surface area contributed by atoms with Gasteiger partial charge in [-0.25, -0.2) is 8.42 Å². The highest BCUT2D eigenvalue weighted by atomic mass is 32.2. The van der Waals surface area contributed by atoms with Gasteiger partial charge in [0.05, 0.1) is 10.5 Å². The molecule has 0 radical (unpaired) electrons. The average Bonchev–Trinajstić information content (AvgIpc) is 2.59. The molecule has 0 unspecified atom stereocenters. The van der Waals surface area contributed by atoms with Gasteiger partial charge < -0.3 is 10.2 Å². The van der Waals surface area contributed by atoms with E-state index < -0.39 is 10.0 Å². The van der Waals surface area contributed by atoms with Crippen molar-refractivity contribution in [1.29, 1.82) is 0 Å². The second kappa shape index (κ2) is 8.60. The summed E-state index contributed by atoms with van der Waals surface area (Å²) in [4.78, 5) is 14.6. The average molecular weight is 353 g/mol. The standard InChI is InChI=1S/C17H27N3O3S/c1-19(2)12-8-11-18-17(21)15-9-4-5-10-16(15)24(22,23)20-13-6-3-7-14-20/h4-5,9-10H,3,6-8,11-14H2,1-2H3,(H,18,21). The summed E-state index contributed by atoms with van der Waals surface area (Å²) >= 11 is 0. The van der Waals surface area contributed by atoms with Crippen LogP contribution in [0.2, 0.25) is 0 Å². The quantitative estimate of drug-likeness (QED) is 0.755. The highest BCUT2D eigenvalue weighted by Gasteiger charge is 2.29. The molecule has 1 aromatic carbocycles. The van der Waals surface area contributed by atoms with Crippen molar-refractivity contribution in [2.45, 2.75) is 30.6 Å². The molecule has 7 heteroatoms. The molecule has 1 aromatic rings. The van der Waals surface area contributed by atoms with Crippen LogP contribution < -0.4 is 5.32 Å². The fourth-order valence-electron chi connectivity index (χ4n) is 2.82. The molecule has 1 aliphatic heterocycles. The van der Waals surface area contributed by atoms with E-state index in [1.54, 1.807) is 18.2 Å². The molecule has 1 N–H and O–H groups in total. The summed E-state index contributed by atoms with van der Waals surface area (Å²) < 4.78 is 27.2. The number of amides is 1. The molecule has 0 spiro atoms. The lowest BCUT2D eigenvalue weighted by Gasteiger charge is -2.26. The van der Waals surface area contributed by atoms with E-state index in [1.165, 1.54) is 10.4 Å². The lowest BCUT2D eigenvalue weighted by Crippen LogP contribution is -2.37. The van der Waals surface area contributed by atoms with Gasteiger partial charge >= 0.3 is 0 Å². The van der Waals surface area contributed by atoms with Crippen LogP contribution in [0, 0.1) is 0 Å². The zero-order valence-electron chi connectivity index (χ0n) is 14.5. The predicted molar refractivity (Wildman–Crippen MR) is 94.6 cm³/mol. The predicted octanol–water partition coefficient (Wildman–Crippen LogP) is 1.54. The Hall–Kier alpha value is -1.44. The van der Waals surface area contributed by atoms with E-state index in [-0.39, 0.29) is 16.4 Å². The van der Waals surface area contributed by atoms with Crippen LogP contribution in [0.5, 0.6) is 0 Å².